The van der Waals surface area contributed by atoms with E-state index >= 15 is 0 Å². The highest BCUT2D eigenvalue weighted by Gasteiger charge is 2.51. The average Bonchev–Trinajstić information content (AvgIpc) is 3.05. The quantitative estimate of drug-likeness (QED) is 0.833. The van der Waals surface area contributed by atoms with Gasteiger partial charge in [-0.25, -0.2) is 15.0 Å². The molecule has 0 amide bonds. The van der Waals surface area contributed by atoms with Gasteiger partial charge >= 0.3 is 0 Å². The lowest BCUT2D eigenvalue weighted by atomic mass is 9.66. The summed E-state index contributed by atoms with van der Waals surface area (Å²) in [5.74, 6) is 2.86. The highest BCUT2D eigenvalue weighted by atomic mass is 35.5. The zero-order valence-corrected chi connectivity index (χ0v) is 16.7. The van der Waals surface area contributed by atoms with Crippen LogP contribution in [0.5, 0.6) is 0 Å². The minimum atomic E-state index is 0. The third kappa shape index (κ3) is 2.79. The Morgan fingerprint density at radius 2 is 2.07 bits per heavy atom. The molecule has 0 unspecified atom stereocenters. The van der Waals surface area contributed by atoms with Crippen LogP contribution < -0.4 is 15.1 Å². The summed E-state index contributed by atoms with van der Waals surface area (Å²) < 4.78 is 0. The van der Waals surface area contributed by atoms with Gasteiger partial charge in [0.2, 0.25) is 0 Å². The van der Waals surface area contributed by atoms with E-state index in [1.54, 1.807) is 18.6 Å². The van der Waals surface area contributed by atoms with Crippen LogP contribution in [0.15, 0.2) is 24.7 Å². The molecule has 5 rings (SSSR count). The molecule has 2 aromatic rings. The van der Waals surface area contributed by atoms with Crippen LogP contribution >= 0.6 is 12.4 Å². The molecule has 7 nitrogen and oxygen atoms in total. The SMILES string of the molecule is C[C@H]1CNCCN1c1ncnc2c1C1(CCC1)CN2c1cc(C#N)ccn1.Cl. The largest absolute Gasteiger partial charge is 0.351 e. The average molecular weight is 398 g/mol. The number of anilines is 3. The first-order valence-electron chi connectivity index (χ1n) is 9.68. The zero-order chi connectivity index (χ0) is 18.4. The van der Waals surface area contributed by atoms with Gasteiger partial charge in [0, 0.05) is 49.4 Å². The minimum Gasteiger partial charge on any atom is -0.351 e. The van der Waals surface area contributed by atoms with Gasteiger partial charge in [0.15, 0.2) is 0 Å². The van der Waals surface area contributed by atoms with Crippen molar-refractivity contribution >= 4 is 29.9 Å². The number of piperazine rings is 1. The number of pyridine rings is 1. The second-order valence-corrected chi connectivity index (χ2v) is 7.88. The highest BCUT2D eigenvalue weighted by molar-refractivity contribution is 5.85. The molecule has 0 radical (unpaired) electrons. The van der Waals surface area contributed by atoms with E-state index in [0.29, 0.717) is 11.6 Å². The molecule has 1 atom stereocenters. The fourth-order valence-corrected chi connectivity index (χ4v) is 4.71. The summed E-state index contributed by atoms with van der Waals surface area (Å²) in [6, 6.07) is 6.23. The number of rotatable bonds is 2. The van der Waals surface area contributed by atoms with Gasteiger partial charge in [0.05, 0.1) is 11.6 Å². The van der Waals surface area contributed by atoms with Crippen LogP contribution in [-0.4, -0.2) is 47.2 Å². The topological polar surface area (TPSA) is 81.0 Å². The maximum absolute atomic E-state index is 9.27. The number of fused-ring (bicyclic) bond motifs is 2. The molecule has 0 aromatic carbocycles. The van der Waals surface area contributed by atoms with Gasteiger partial charge in [-0.05, 0) is 31.9 Å². The molecule has 2 aliphatic heterocycles. The Morgan fingerprint density at radius 3 is 2.79 bits per heavy atom. The summed E-state index contributed by atoms with van der Waals surface area (Å²) in [4.78, 5) is 18.6. The number of nitriles is 1. The monoisotopic (exact) mass is 397 g/mol. The Morgan fingerprint density at radius 1 is 1.25 bits per heavy atom. The Hall–Kier alpha value is -2.43. The van der Waals surface area contributed by atoms with Crippen LogP contribution in [0.1, 0.15) is 37.3 Å². The van der Waals surface area contributed by atoms with E-state index in [4.69, 9.17) is 4.98 Å². The second kappa shape index (κ2) is 7.19. The molecule has 146 valence electrons. The third-order valence-corrected chi connectivity index (χ3v) is 6.29. The molecule has 8 heteroatoms. The molecule has 1 spiro atoms. The predicted octanol–water partition coefficient (Wildman–Crippen LogP) is 2.54. The maximum Gasteiger partial charge on any atom is 0.143 e. The van der Waals surface area contributed by atoms with Crippen LogP contribution in [0.2, 0.25) is 0 Å². The molecule has 1 saturated carbocycles. The van der Waals surface area contributed by atoms with Gasteiger partial charge in [0.1, 0.15) is 23.8 Å². The van der Waals surface area contributed by atoms with Crippen LogP contribution in [0.25, 0.3) is 0 Å². The second-order valence-electron chi connectivity index (χ2n) is 7.88. The fourth-order valence-electron chi connectivity index (χ4n) is 4.71. The Labute approximate surface area is 171 Å². The van der Waals surface area contributed by atoms with Crippen LogP contribution in [0.3, 0.4) is 0 Å². The number of nitrogens with zero attached hydrogens (tertiary/aromatic N) is 6. The summed E-state index contributed by atoms with van der Waals surface area (Å²) in [6.45, 7) is 6.03. The lowest BCUT2D eigenvalue weighted by molar-refractivity contribution is 0.266. The first kappa shape index (κ1) is 18.9. The molecule has 1 saturated heterocycles. The summed E-state index contributed by atoms with van der Waals surface area (Å²) in [5, 5.41) is 12.7. The van der Waals surface area contributed by atoms with Crippen LogP contribution in [-0.2, 0) is 5.41 Å². The van der Waals surface area contributed by atoms with E-state index in [2.05, 4.69) is 38.1 Å². The first-order valence-corrected chi connectivity index (χ1v) is 9.68. The van der Waals surface area contributed by atoms with Crippen molar-refractivity contribution in [3.63, 3.8) is 0 Å². The normalized spacial score (nSPS) is 22.2. The lowest BCUT2D eigenvalue weighted by Gasteiger charge is -2.42. The van der Waals surface area contributed by atoms with Crippen LogP contribution in [0.4, 0.5) is 17.5 Å². The lowest BCUT2D eigenvalue weighted by Crippen LogP contribution is -2.51. The van der Waals surface area contributed by atoms with E-state index in [1.807, 2.05) is 6.07 Å². The first-order chi connectivity index (χ1) is 13.2. The van der Waals surface area contributed by atoms with Gasteiger partial charge in [0.25, 0.3) is 0 Å². The van der Waals surface area contributed by atoms with E-state index in [-0.39, 0.29) is 17.8 Å². The molecular weight excluding hydrogens is 374 g/mol. The minimum absolute atomic E-state index is 0. The summed E-state index contributed by atoms with van der Waals surface area (Å²) in [6.07, 6.45) is 6.95. The zero-order valence-electron chi connectivity index (χ0n) is 15.9. The molecule has 3 aliphatic rings. The number of nitrogens with one attached hydrogen (secondary N) is 1. The molecule has 2 aromatic heterocycles. The molecular formula is C20H24ClN7. The summed E-state index contributed by atoms with van der Waals surface area (Å²) >= 11 is 0. The highest BCUT2D eigenvalue weighted by Crippen LogP contribution is 2.56. The van der Waals surface area contributed by atoms with Crippen molar-refractivity contribution in [2.24, 2.45) is 0 Å². The van der Waals surface area contributed by atoms with Crippen molar-refractivity contribution in [2.75, 3.05) is 36.0 Å². The smallest absolute Gasteiger partial charge is 0.143 e. The summed E-state index contributed by atoms with van der Waals surface area (Å²) in [5.41, 5.74) is 2.02. The number of halogens is 1. The third-order valence-electron chi connectivity index (χ3n) is 6.29. The van der Waals surface area contributed by atoms with E-state index in [0.717, 1.165) is 56.5 Å². The van der Waals surface area contributed by atoms with Crippen LogP contribution in [0, 0.1) is 11.3 Å². The molecule has 28 heavy (non-hydrogen) atoms. The van der Waals surface area contributed by atoms with E-state index in [9.17, 15) is 5.26 Å². The van der Waals surface area contributed by atoms with Crippen molar-refractivity contribution in [1.82, 2.24) is 20.3 Å². The van der Waals surface area contributed by atoms with E-state index in [1.165, 1.54) is 12.0 Å². The van der Waals surface area contributed by atoms with Gasteiger partial charge in [-0.2, -0.15) is 5.26 Å². The Balaban J connectivity index is 0.00000192. The Bertz CT molecular complexity index is 921. The molecule has 2 fully saturated rings. The number of hydrogen-bond donors (Lipinski definition) is 1. The molecule has 1 N–H and O–H groups in total. The van der Waals surface area contributed by atoms with Crippen molar-refractivity contribution < 1.29 is 0 Å². The maximum atomic E-state index is 9.27. The van der Waals surface area contributed by atoms with Gasteiger partial charge in [-0.3, -0.25) is 0 Å². The standard InChI is InChI=1S/C20H23N7.ClH/c1-14-11-22-7-8-26(14)18-17-19(25-13-24-18)27(12-20(17)4-2-5-20)16-9-15(10-21)3-6-23-16;/h3,6,9,13-14,22H,2,4-5,7-8,11-12H2,1H3;1H/t14-;/m0./s1. The van der Waals surface area contributed by atoms with Gasteiger partial charge in [-0.1, -0.05) is 6.42 Å². The number of hydrogen-bond acceptors (Lipinski definition) is 7. The predicted molar refractivity (Wildman–Crippen MR) is 110 cm³/mol. The molecule has 0 bridgehead atoms. The van der Waals surface area contributed by atoms with Crippen molar-refractivity contribution in [3.05, 3.63) is 35.8 Å². The van der Waals surface area contributed by atoms with Crippen molar-refractivity contribution in [2.45, 2.75) is 37.6 Å². The van der Waals surface area contributed by atoms with E-state index < -0.39 is 0 Å². The molecule has 1 aliphatic carbocycles. The van der Waals surface area contributed by atoms with Crippen molar-refractivity contribution in [1.29, 1.82) is 5.26 Å². The summed E-state index contributed by atoms with van der Waals surface area (Å²) in [7, 11) is 0. The fraction of sp³-hybridized carbons (Fsp3) is 0.500. The van der Waals surface area contributed by atoms with Gasteiger partial charge in [-0.15, -0.1) is 12.4 Å². The van der Waals surface area contributed by atoms with Crippen molar-refractivity contribution in [3.8, 4) is 6.07 Å². The number of aromatic nitrogens is 3. The molecule has 4 heterocycles. The van der Waals surface area contributed by atoms with Gasteiger partial charge < -0.3 is 15.1 Å². The Kier molecular flexibility index (Phi) is 4.86.